The number of fused-ring (bicyclic) bond motifs is 4. The molecule has 5 N–H and O–H groups in total. The average molecular weight is 497 g/mol. The van der Waals surface area contributed by atoms with Gasteiger partial charge >= 0.3 is 0 Å². The molecule has 7 nitrogen and oxygen atoms in total. The quantitative estimate of drug-likeness (QED) is 0.168. The van der Waals surface area contributed by atoms with Crippen molar-refractivity contribution in [3.63, 3.8) is 0 Å². The van der Waals surface area contributed by atoms with Crippen LogP contribution in [-0.4, -0.2) is 24.5 Å². The Morgan fingerprint density at radius 1 is 0.583 bits per heavy atom. The lowest BCUT2D eigenvalue weighted by molar-refractivity contribution is 0.0980. The van der Waals surface area contributed by atoms with Crippen molar-refractivity contribution < 1.29 is 22.6 Å². The summed E-state index contributed by atoms with van der Waals surface area (Å²) < 4.78 is 31.9. The molecule has 8 heteroatoms. The third-order valence-corrected chi connectivity index (χ3v) is 7.02. The van der Waals surface area contributed by atoms with E-state index in [1.54, 1.807) is 12.1 Å². The van der Waals surface area contributed by atoms with Gasteiger partial charge in [-0.3, -0.25) is 14.1 Å². The molecule has 178 valence electrons. The lowest BCUT2D eigenvalue weighted by Crippen LogP contribution is -2.25. The molecule has 0 saturated heterocycles. The molecule has 0 heterocycles. The normalized spacial score (nSPS) is 12.6. The molecule has 0 amide bonds. The third-order valence-electron chi connectivity index (χ3n) is 6.12. The van der Waals surface area contributed by atoms with E-state index in [9.17, 15) is 22.6 Å². The van der Waals surface area contributed by atoms with Gasteiger partial charge in [0.25, 0.3) is 10.1 Å². The minimum atomic E-state index is -4.68. The van der Waals surface area contributed by atoms with Crippen LogP contribution in [0.25, 0.3) is 21.5 Å². The predicted octanol–water partition coefficient (Wildman–Crippen LogP) is 4.87. The summed E-state index contributed by atoms with van der Waals surface area (Å²) in [5, 5.41) is 5.25. The molecule has 0 atom stereocenters. The van der Waals surface area contributed by atoms with Gasteiger partial charge in [-0.2, -0.15) is 8.42 Å². The van der Waals surface area contributed by atoms with Crippen LogP contribution < -0.4 is 11.5 Å². The maximum absolute atomic E-state index is 12.5. The van der Waals surface area contributed by atoms with Gasteiger partial charge in [0, 0.05) is 16.8 Å². The molecular weight excluding hydrogens is 476 g/mol. The molecule has 0 aliphatic heterocycles. The van der Waals surface area contributed by atoms with Crippen LogP contribution in [-0.2, 0) is 10.1 Å². The second-order valence-electron chi connectivity index (χ2n) is 8.35. The van der Waals surface area contributed by atoms with Crippen molar-refractivity contribution in [2.45, 2.75) is 4.90 Å². The Hall–Kier alpha value is -4.53. The number of rotatable bonds is 1. The molecule has 0 aromatic heterocycles. The van der Waals surface area contributed by atoms with Crippen molar-refractivity contribution in [1.82, 2.24) is 0 Å². The van der Waals surface area contributed by atoms with Crippen molar-refractivity contribution in [2.24, 2.45) is 0 Å². The first-order valence-electron chi connectivity index (χ1n) is 10.9. The van der Waals surface area contributed by atoms with Crippen LogP contribution in [0.1, 0.15) is 31.8 Å². The Balaban J connectivity index is 0.000000163. The first kappa shape index (κ1) is 23.2. The zero-order valence-electron chi connectivity index (χ0n) is 18.8. The number of hydrogen-bond acceptors (Lipinski definition) is 6. The Morgan fingerprint density at radius 3 is 1.39 bits per heavy atom. The van der Waals surface area contributed by atoms with Gasteiger partial charge in [0.1, 0.15) is 4.90 Å². The van der Waals surface area contributed by atoms with E-state index in [1.165, 1.54) is 33.7 Å². The highest BCUT2D eigenvalue weighted by Gasteiger charge is 2.35. The fourth-order valence-electron chi connectivity index (χ4n) is 4.42. The van der Waals surface area contributed by atoms with Gasteiger partial charge in [0.15, 0.2) is 11.6 Å². The monoisotopic (exact) mass is 496 g/mol. The van der Waals surface area contributed by atoms with Crippen molar-refractivity contribution in [1.29, 1.82) is 0 Å². The highest BCUT2D eigenvalue weighted by molar-refractivity contribution is 7.86. The second kappa shape index (κ2) is 8.60. The lowest BCUT2D eigenvalue weighted by atomic mass is 9.82. The minimum Gasteiger partial charge on any atom is -0.398 e. The fourth-order valence-corrected chi connectivity index (χ4v) is 5.07. The van der Waals surface area contributed by atoms with Crippen molar-refractivity contribution in [3.8, 4) is 0 Å². The predicted molar refractivity (Wildman–Crippen MR) is 140 cm³/mol. The number of ketones is 2. The first-order valence-corrected chi connectivity index (χ1v) is 12.4. The number of nitrogen functional groups attached to an aromatic ring is 2. The van der Waals surface area contributed by atoms with Crippen LogP contribution in [0.5, 0.6) is 0 Å². The smallest absolute Gasteiger partial charge is 0.296 e. The number of anilines is 2. The number of nitrogens with two attached hydrogens (primary N) is 2. The number of carbonyl (C=O) groups is 2. The van der Waals surface area contributed by atoms with Gasteiger partial charge in [-0.15, -0.1) is 0 Å². The Bertz CT molecular complexity index is 1720. The number of benzene rings is 5. The SMILES string of the molecule is Nc1cc(S(=O)(=O)O)c(N)c2c1C(=O)c1ccccc1C2=O.c1ccc2cc3ccccc3cc2c1. The maximum atomic E-state index is 12.5. The van der Waals surface area contributed by atoms with E-state index in [0.717, 1.165) is 6.07 Å². The van der Waals surface area contributed by atoms with Gasteiger partial charge in [0.2, 0.25) is 0 Å². The summed E-state index contributed by atoms with van der Waals surface area (Å²) in [6.45, 7) is 0. The first-order chi connectivity index (χ1) is 17.2. The van der Waals surface area contributed by atoms with E-state index < -0.39 is 32.3 Å². The average Bonchev–Trinajstić information content (AvgIpc) is 2.87. The summed E-state index contributed by atoms with van der Waals surface area (Å²) in [7, 11) is -4.68. The van der Waals surface area contributed by atoms with Crippen LogP contribution in [0.2, 0.25) is 0 Å². The van der Waals surface area contributed by atoms with Crippen LogP contribution in [0.3, 0.4) is 0 Å². The van der Waals surface area contributed by atoms with Crippen LogP contribution in [0.4, 0.5) is 11.4 Å². The van der Waals surface area contributed by atoms with E-state index >= 15 is 0 Å². The molecule has 1 aliphatic rings. The molecule has 36 heavy (non-hydrogen) atoms. The summed E-state index contributed by atoms with van der Waals surface area (Å²) in [6, 6.07) is 28.4. The molecule has 0 saturated carbocycles. The lowest BCUT2D eigenvalue weighted by Gasteiger charge is -2.21. The molecule has 1 aliphatic carbocycles. The second-order valence-corrected chi connectivity index (χ2v) is 9.74. The van der Waals surface area contributed by atoms with E-state index in [2.05, 4.69) is 60.7 Å². The van der Waals surface area contributed by atoms with E-state index in [4.69, 9.17) is 11.5 Å². The van der Waals surface area contributed by atoms with Crippen molar-refractivity contribution in [3.05, 3.63) is 113 Å². The molecule has 0 bridgehead atoms. The molecule has 0 unspecified atom stereocenters. The van der Waals surface area contributed by atoms with Crippen LogP contribution >= 0.6 is 0 Å². The van der Waals surface area contributed by atoms with Crippen LogP contribution in [0, 0.1) is 0 Å². The Labute approximate surface area is 206 Å². The minimum absolute atomic E-state index is 0.110. The summed E-state index contributed by atoms with van der Waals surface area (Å²) in [6.07, 6.45) is 0. The molecule has 5 aromatic carbocycles. The standard InChI is InChI=1S/C14H10N2O5S.C14H10/c15-8-5-9(22(19,20)21)12(16)11-10(8)13(17)6-3-1-2-4-7(6)14(11)18;1-2-6-12-10-14-8-4-3-7-13(14)9-11(12)5-1/h1-5H,15-16H2,(H,19,20,21);1-10H. The third kappa shape index (κ3) is 3.88. The van der Waals surface area contributed by atoms with Crippen molar-refractivity contribution >= 4 is 54.6 Å². The molecule has 0 radical (unpaired) electrons. The van der Waals surface area contributed by atoms with Gasteiger partial charge in [-0.05, 0) is 39.7 Å². The Kier molecular flexibility index (Phi) is 5.55. The van der Waals surface area contributed by atoms with E-state index in [-0.39, 0.29) is 27.9 Å². The molecular formula is C28H20N2O5S. The van der Waals surface area contributed by atoms with Crippen molar-refractivity contribution in [2.75, 3.05) is 11.5 Å². The zero-order chi connectivity index (χ0) is 25.6. The van der Waals surface area contributed by atoms with Crippen LogP contribution in [0.15, 0.2) is 95.9 Å². The molecule has 5 aromatic rings. The summed E-state index contributed by atoms with van der Waals surface area (Å²) in [5.41, 5.74) is 10.5. The largest absolute Gasteiger partial charge is 0.398 e. The topological polar surface area (TPSA) is 141 Å². The number of carbonyl (C=O) groups excluding carboxylic acids is 2. The van der Waals surface area contributed by atoms with E-state index in [0.29, 0.717) is 0 Å². The number of hydrogen-bond donors (Lipinski definition) is 3. The molecule has 6 rings (SSSR count). The van der Waals surface area contributed by atoms with Gasteiger partial charge in [-0.25, -0.2) is 0 Å². The van der Waals surface area contributed by atoms with Gasteiger partial charge in [-0.1, -0.05) is 72.8 Å². The van der Waals surface area contributed by atoms with Gasteiger partial charge in [0.05, 0.1) is 16.8 Å². The summed E-state index contributed by atoms with van der Waals surface area (Å²) in [4.78, 5) is 24.3. The van der Waals surface area contributed by atoms with E-state index in [1.807, 2.05) is 0 Å². The van der Waals surface area contributed by atoms with Gasteiger partial charge < -0.3 is 11.5 Å². The molecule has 0 fully saturated rings. The summed E-state index contributed by atoms with van der Waals surface area (Å²) >= 11 is 0. The Morgan fingerprint density at radius 2 is 0.972 bits per heavy atom. The highest BCUT2D eigenvalue weighted by atomic mass is 32.2. The molecule has 0 spiro atoms. The maximum Gasteiger partial charge on any atom is 0.296 e. The zero-order valence-corrected chi connectivity index (χ0v) is 19.6. The summed E-state index contributed by atoms with van der Waals surface area (Å²) in [5.74, 6) is -1.13. The highest BCUT2D eigenvalue weighted by Crippen LogP contribution is 2.37. The fraction of sp³-hybridized carbons (Fsp3) is 0.